The van der Waals surface area contributed by atoms with Gasteiger partial charge in [-0.3, -0.25) is 4.79 Å². The van der Waals surface area contributed by atoms with E-state index in [1.165, 1.54) is 18.2 Å². The topological polar surface area (TPSA) is 69.2 Å². The Morgan fingerprint density at radius 1 is 1.27 bits per heavy atom. The van der Waals surface area contributed by atoms with Crippen LogP contribution in [-0.2, 0) is 9.59 Å². The Hall–Kier alpha value is -2.17. The third kappa shape index (κ3) is 3.60. The SMILES string of the molecule is O=C([O-])/C=C/C(=O)Nc1ccccc1F. The van der Waals surface area contributed by atoms with E-state index >= 15 is 0 Å². The number of carbonyl (C=O) groups excluding carboxylic acids is 2. The number of amides is 1. The molecule has 0 aromatic heterocycles. The molecule has 0 aliphatic rings. The summed E-state index contributed by atoms with van der Waals surface area (Å²) in [6.07, 6.45) is 1.32. The molecule has 78 valence electrons. The van der Waals surface area contributed by atoms with Gasteiger partial charge in [0, 0.05) is 6.08 Å². The molecule has 1 rings (SSSR count). The molecule has 1 N–H and O–H groups in total. The van der Waals surface area contributed by atoms with E-state index in [2.05, 4.69) is 5.32 Å². The lowest BCUT2D eigenvalue weighted by atomic mass is 10.3. The molecule has 1 aromatic carbocycles. The molecule has 0 spiro atoms. The Labute approximate surface area is 85.0 Å². The third-order valence-electron chi connectivity index (χ3n) is 1.50. The van der Waals surface area contributed by atoms with Crippen LogP contribution in [-0.4, -0.2) is 11.9 Å². The predicted molar refractivity (Wildman–Crippen MR) is 49.2 cm³/mol. The summed E-state index contributed by atoms with van der Waals surface area (Å²) in [7, 11) is 0. The Kier molecular flexibility index (Phi) is 3.56. The largest absolute Gasteiger partial charge is 0.545 e. The number of hydrogen-bond acceptors (Lipinski definition) is 3. The number of hydrogen-bond donors (Lipinski definition) is 1. The molecule has 0 saturated heterocycles. The average Bonchev–Trinajstić information content (AvgIpc) is 2.18. The van der Waals surface area contributed by atoms with E-state index in [1.807, 2.05) is 0 Å². The molecular formula is C10H7FNO3-. The van der Waals surface area contributed by atoms with Gasteiger partial charge in [-0.2, -0.15) is 0 Å². The van der Waals surface area contributed by atoms with E-state index in [0.29, 0.717) is 6.08 Å². The molecule has 0 aliphatic carbocycles. The first-order valence-electron chi connectivity index (χ1n) is 4.04. The fourth-order valence-corrected chi connectivity index (χ4v) is 0.881. The van der Waals surface area contributed by atoms with Crippen LogP contribution in [0.2, 0.25) is 0 Å². The smallest absolute Gasteiger partial charge is 0.248 e. The van der Waals surface area contributed by atoms with E-state index in [4.69, 9.17) is 0 Å². The Balaban J connectivity index is 2.67. The predicted octanol–water partition coefficient (Wildman–Crippen LogP) is 0.0703. The number of anilines is 1. The molecular weight excluding hydrogens is 201 g/mol. The lowest BCUT2D eigenvalue weighted by Crippen LogP contribution is -2.20. The van der Waals surface area contributed by atoms with Crippen molar-refractivity contribution >= 4 is 17.6 Å². The van der Waals surface area contributed by atoms with Crippen molar-refractivity contribution in [3.8, 4) is 0 Å². The van der Waals surface area contributed by atoms with Gasteiger partial charge in [-0.05, 0) is 18.2 Å². The van der Waals surface area contributed by atoms with Gasteiger partial charge in [0.2, 0.25) is 5.91 Å². The molecule has 0 fully saturated rings. The maximum absolute atomic E-state index is 13.0. The van der Waals surface area contributed by atoms with Gasteiger partial charge >= 0.3 is 0 Å². The van der Waals surface area contributed by atoms with Crippen LogP contribution in [0.15, 0.2) is 36.4 Å². The van der Waals surface area contributed by atoms with Crippen molar-refractivity contribution in [1.29, 1.82) is 0 Å². The normalized spacial score (nSPS) is 10.2. The van der Waals surface area contributed by atoms with Gasteiger partial charge in [0.1, 0.15) is 5.82 Å². The van der Waals surface area contributed by atoms with Crippen molar-refractivity contribution in [3.05, 3.63) is 42.2 Å². The molecule has 5 heteroatoms. The monoisotopic (exact) mass is 208 g/mol. The second-order valence-corrected chi connectivity index (χ2v) is 2.62. The maximum atomic E-state index is 13.0. The minimum absolute atomic E-state index is 0.00880. The molecule has 0 aliphatic heterocycles. The Bertz CT molecular complexity index is 415. The lowest BCUT2D eigenvalue weighted by molar-refractivity contribution is -0.297. The molecule has 0 heterocycles. The first kappa shape index (κ1) is 10.9. The van der Waals surface area contributed by atoms with Crippen LogP contribution in [0.1, 0.15) is 0 Å². The van der Waals surface area contributed by atoms with Gasteiger partial charge in [0.25, 0.3) is 0 Å². The van der Waals surface area contributed by atoms with E-state index in [0.717, 1.165) is 6.08 Å². The fraction of sp³-hybridized carbons (Fsp3) is 0. The molecule has 0 radical (unpaired) electrons. The number of rotatable bonds is 3. The summed E-state index contributed by atoms with van der Waals surface area (Å²) in [5.74, 6) is -2.81. The summed E-state index contributed by atoms with van der Waals surface area (Å²) in [5.41, 5.74) is -0.00880. The van der Waals surface area contributed by atoms with Crippen LogP contribution in [0.4, 0.5) is 10.1 Å². The summed E-state index contributed by atoms with van der Waals surface area (Å²) < 4.78 is 13.0. The van der Waals surface area contributed by atoms with Crippen LogP contribution in [0.5, 0.6) is 0 Å². The van der Waals surface area contributed by atoms with Crippen molar-refractivity contribution in [3.63, 3.8) is 0 Å². The van der Waals surface area contributed by atoms with Crippen molar-refractivity contribution in [2.75, 3.05) is 5.32 Å². The molecule has 0 atom stereocenters. The highest BCUT2D eigenvalue weighted by Crippen LogP contribution is 2.11. The third-order valence-corrected chi connectivity index (χ3v) is 1.50. The van der Waals surface area contributed by atoms with E-state index in [1.54, 1.807) is 6.07 Å². The zero-order valence-electron chi connectivity index (χ0n) is 7.57. The molecule has 1 amide bonds. The lowest BCUT2D eigenvalue weighted by Gasteiger charge is -2.02. The van der Waals surface area contributed by atoms with Crippen LogP contribution in [0.3, 0.4) is 0 Å². The number of carboxylic acids is 1. The number of carboxylic acid groups (broad SMARTS) is 1. The second-order valence-electron chi connectivity index (χ2n) is 2.62. The molecule has 0 unspecified atom stereocenters. The summed E-state index contributed by atoms with van der Waals surface area (Å²) in [6, 6.07) is 5.56. The number of nitrogens with one attached hydrogen (secondary N) is 1. The highest BCUT2D eigenvalue weighted by atomic mass is 19.1. The zero-order chi connectivity index (χ0) is 11.3. The number of carbonyl (C=O) groups is 2. The molecule has 0 bridgehead atoms. The average molecular weight is 208 g/mol. The first-order valence-corrected chi connectivity index (χ1v) is 4.04. The van der Waals surface area contributed by atoms with E-state index in [-0.39, 0.29) is 5.69 Å². The van der Waals surface area contributed by atoms with Crippen molar-refractivity contribution in [2.45, 2.75) is 0 Å². The van der Waals surface area contributed by atoms with Crippen molar-refractivity contribution in [1.82, 2.24) is 0 Å². The summed E-state index contributed by atoms with van der Waals surface area (Å²) in [6.45, 7) is 0. The maximum Gasteiger partial charge on any atom is 0.248 e. The summed E-state index contributed by atoms with van der Waals surface area (Å²) >= 11 is 0. The van der Waals surface area contributed by atoms with Crippen molar-refractivity contribution < 1.29 is 19.1 Å². The van der Waals surface area contributed by atoms with Gasteiger partial charge in [-0.1, -0.05) is 12.1 Å². The Morgan fingerprint density at radius 2 is 1.93 bits per heavy atom. The number of benzene rings is 1. The first-order chi connectivity index (χ1) is 7.09. The summed E-state index contributed by atoms with van der Waals surface area (Å²) in [4.78, 5) is 21.0. The molecule has 4 nitrogen and oxygen atoms in total. The minimum atomic E-state index is -1.49. The van der Waals surface area contributed by atoms with Gasteiger partial charge < -0.3 is 15.2 Å². The molecule has 15 heavy (non-hydrogen) atoms. The van der Waals surface area contributed by atoms with E-state index < -0.39 is 17.7 Å². The van der Waals surface area contributed by atoms with Crippen LogP contribution >= 0.6 is 0 Å². The zero-order valence-corrected chi connectivity index (χ0v) is 7.57. The van der Waals surface area contributed by atoms with Gasteiger partial charge in [0.05, 0.1) is 11.7 Å². The van der Waals surface area contributed by atoms with Crippen LogP contribution in [0.25, 0.3) is 0 Å². The second kappa shape index (κ2) is 4.90. The quantitative estimate of drug-likeness (QED) is 0.714. The minimum Gasteiger partial charge on any atom is -0.545 e. The standard InChI is InChI=1S/C10H8FNO3/c11-7-3-1-2-4-8(7)12-9(13)5-6-10(14)15/h1-6H,(H,12,13)(H,14,15)/p-1/b6-5+. The highest BCUT2D eigenvalue weighted by molar-refractivity contribution is 6.02. The highest BCUT2D eigenvalue weighted by Gasteiger charge is 2.02. The van der Waals surface area contributed by atoms with E-state index in [9.17, 15) is 19.1 Å². The van der Waals surface area contributed by atoms with Gasteiger partial charge in [-0.15, -0.1) is 0 Å². The fourth-order valence-electron chi connectivity index (χ4n) is 0.881. The Morgan fingerprint density at radius 3 is 2.53 bits per heavy atom. The van der Waals surface area contributed by atoms with Gasteiger partial charge in [-0.25, -0.2) is 4.39 Å². The van der Waals surface area contributed by atoms with Crippen LogP contribution in [0, 0.1) is 5.82 Å². The summed E-state index contributed by atoms with van der Waals surface area (Å²) in [5, 5.41) is 12.1. The number of halogens is 1. The number of aliphatic carboxylic acids is 1. The van der Waals surface area contributed by atoms with Crippen LogP contribution < -0.4 is 10.4 Å². The number of para-hydroxylation sites is 1. The molecule has 0 saturated carbocycles. The van der Waals surface area contributed by atoms with Gasteiger partial charge in [0.15, 0.2) is 0 Å². The van der Waals surface area contributed by atoms with Crippen molar-refractivity contribution in [2.24, 2.45) is 0 Å². The molecule has 1 aromatic rings.